The average Bonchev–Trinajstić information content (AvgIpc) is 2.73. The van der Waals surface area contributed by atoms with Crippen molar-refractivity contribution in [3.8, 4) is 11.5 Å². The first kappa shape index (κ1) is 19.4. The summed E-state index contributed by atoms with van der Waals surface area (Å²) in [5.41, 5.74) is 1.75. The minimum absolute atomic E-state index is 0.152. The second-order valence-corrected chi connectivity index (χ2v) is 6.33. The van der Waals surface area contributed by atoms with E-state index in [1.54, 1.807) is 66.7 Å². The summed E-state index contributed by atoms with van der Waals surface area (Å²) in [4.78, 5) is 24.5. The van der Waals surface area contributed by atoms with E-state index in [2.05, 4.69) is 0 Å². The first-order valence-corrected chi connectivity index (χ1v) is 8.87. The van der Waals surface area contributed by atoms with Gasteiger partial charge >= 0.3 is 5.97 Å². The molecule has 0 spiro atoms. The van der Waals surface area contributed by atoms with E-state index >= 15 is 0 Å². The average molecular weight is 393 g/mol. The third-order valence-corrected chi connectivity index (χ3v) is 4.20. The lowest BCUT2D eigenvalue weighted by molar-refractivity contribution is 0.0734. The van der Waals surface area contributed by atoms with Gasteiger partial charge in [0.05, 0.1) is 12.7 Å². The van der Waals surface area contributed by atoms with Crippen LogP contribution in [0.15, 0.2) is 78.9 Å². The van der Waals surface area contributed by atoms with E-state index in [9.17, 15) is 9.59 Å². The second-order valence-electron chi connectivity index (χ2n) is 5.89. The fourth-order valence-corrected chi connectivity index (χ4v) is 2.57. The number of hydrogen-bond acceptors (Lipinski definition) is 4. The maximum atomic E-state index is 12.3. The van der Waals surface area contributed by atoms with Gasteiger partial charge in [-0.15, -0.1) is 0 Å². The SMILES string of the molecule is COc1cccc(C(=O)Oc2ccc(C(=O)C=Cc3ccc(Cl)cc3)cc2)c1. The maximum Gasteiger partial charge on any atom is 0.343 e. The molecule has 0 aliphatic carbocycles. The van der Waals surface area contributed by atoms with Crippen molar-refractivity contribution in [1.82, 2.24) is 0 Å². The van der Waals surface area contributed by atoms with Gasteiger partial charge in [-0.05, 0) is 66.2 Å². The van der Waals surface area contributed by atoms with Gasteiger partial charge in [0.2, 0.25) is 0 Å². The van der Waals surface area contributed by atoms with Crippen molar-refractivity contribution < 1.29 is 19.1 Å². The number of allylic oxidation sites excluding steroid dienone is 1. The molecule has 0 saturated carbocycles. The molecule has 0 N–H and O–H groups in total. The Kier molecular flexibility index (Phi) is 6.25. The molecule has 0 amide bonds. The van der Waals surface area contributed by atoms with E-state index < -0.39 is 5.97 Å². The molecular weight excluding hydrogens is 376 g/mol. The predicted octanol–water partition coefficient (Wildman–Crippen LogP) is 5.46. The highest BCUT2D eigenvalue weighted by Crippen LogP contribution is 2.18. The molecule has 5 heteroatoms. The van der Waals surface area contributed by atoms with Crippen molar-refractivity contribution in [2.75, 3.05) is 7.11 Å². The van der Waals surface area contributed by atoms with Crippen LogP contribution in [0, 0.1) is 0 Å². The number of benzene rings is 3. The minimum atomic E-state index is -0.499. The summed E-state index contributed by atoms with van der Waals surface area (Å²) in [5.74, 6) is 0.273. The number of carbonyl (C=O) groups excluding carboxylic acids is 2. The zero-order chi connectivity index (χ0) is 19.9. The molecule has 0 aliphatic rings. The quantitative estimate of drug-likeness (QED) is 0.242. The highest BCUT2D eigenvalue weighted by Gasteiger charge is 2.10. The van der Waals surface area contributed by atoms with Crippen molar-refractivity contribution in [2.24, 2.45) is 0 Å². The van der Waals surface area contributed by atoms with Crippen LogP contribution in [0.25, 0.3) is 6.08 Å². The molecule has 3 aromatic carbocycles. The van der Waals surface area contributed by atoms with Crippen molar-refractivity contribution in [2.45, 2.75) is 0 Å². The van der Waals surface area contributed by atoms with Crippen LogP contribution in [-0.4, -0.2) is 18.9 Å². The standard InChI is InChI=1S/C23H17ClO4/c1-27-21-4-2-3-18(15-21)23(26)28-20-12-8-17(9-13-20)22(25)14-7-16-5-10-19(24)11-6-16/h2-15H,1H3. The van der Waals surface area contributed by atoms with E-state index in [1.807, 2.05) is 12.1 Å². The normalized spacial score (nSPS) is 10.6. The van der Waals surface area contributed by atoms with Crippen molar-refractivity contribution in [3.05, 3.63) is 101 Å². The van der Waals surface area contributed by atoms with Crippen LogP contribution in [-0.2, 0) is 0 Å². The smallest absolute Gasteiger partial charge is 0.343 e. The Balaban J connectivity index is 1.64. The van der Waals surface area contributed by atoms with E-state index in [-0.39, 0.29) is 5.78 Å². The van der Waals surface area contributed by atoms with Crippen LogP contribution in [0.2, 0.25) is 5.02 Å². The summed E-state index contributed by atoms with van der Waals surface area (Å²) in [5, 5.41) is 0.641. The molecule has 0 heterocycles. The number of carbonyl (C=O) groups is 2. The van der Waals surface area contributed by atoms with Gasteiger partial charge in [-0.25, -0.2) is 4.79 Å². The van der Waals surface area contributed by atoms with Crippen LogP contribution in [0.4, 0.5) is 0 Å². The summed E-state index contributed by atoms with van der Waals surface area (Å²) in [6.07, 6.45) is 3.20. The zero-order valence-corrected chi connectivity index (χ0v) is 15.8. The fourth-order valence-electron chi connectivity index (χ4n) is 2.45. The third kappa shape index (κ3) is 5.09. The molecule has 0 atom stereocenters. The molecule has 3 aromatic rings. The molecule has 0 unspecified atom stereocenters. The Morgan fingerprint density at radius 2 is 1.57 bits per heavy atom. The van der Waals surface area contributed by atoms with Gasteiger partial charge in [0.1, 0.15) is 11.5 Å². The second kappa shape index (κ2) is 9.02. The lowest BCUT2D eigenvalue weighted by atomic mass is 10.1. The van der Waals surface area contributed by atoms with Gasteiger partial charge in [0, 0.05) is 10.6 Å². The number of methoxy groups -OCH3 is 1. The largest absolute Gasteiger partial charge is 0.497 e. The molecule has 140 valence electrons. The van der Waals surface area contributed by atoms with Gasteiger partial charge in [-0.3, -0.25) is 4.79 Å². The van der Waals surface area contributed by atoms with Crippen molar-refractivity contribution in [3.63, 3.8) is 0 Å². The molecule has 0 radical (unpaired) electrons. The van der Waals surface area contributed by atoms with Gasteiger partial charge < -0.3 is 9.47 Å². The summed E-state index contributed by atoms with van der Waals surface area (Å²) < 4.78 is 10.4. The summed E-state index contributed by atoms with van der Waals surface area (Å²) in [6.45, 7) is 0. The Morgan fingerprint density at radius 1 is 0.857 bits per heavy atom. The highest BCUT2D eigenvalue weighted by atomic mass is 35.5. The molecule has 0 aromatic heterocycles. The zero-order valence-electron chi connectivity index (χ0n) is 15.1. The number of rotatable bonds is 6. The maximum absolute atomic E-state index is 12.3. The number of halogens is 1. The molecule has 0 bridgehead atoms. The Morgan fingerprint density at radius 3 is 2.25 bits per heavy atom. The van der Waals surface area contributed by atoms with E-state index in [4.69, 9.17) is 21.1 Å². The first-order chi connectivity index (χ1) is 13.5. The first-order valence-electron chi connectivity index (χ1n) is 8.49. The molecule has 28 heavy (non-hydrogen) atoms. The monoisotopic (exact) mass is 392 g/mol. The predicted molar refractivity (Wildman–Crippen MR) is 109 cm³/mol. The molecular formula is C23H17ClO4. The van der Waals surface area contributed by atoms with Crippen LogP contribution in [0.5, 0.6) is 11.5 Å². The van der Waals surface area contributed by atoms with E-state index in [1.165, 1.54) is 13.2 Å². The molecule has 0 fully saturated rings. The number of ether oxygens (including phenoxy) is 2. The van der Waals surface area contributed by atoms with Crippen molar-refractivity contribution >= 4 is 29.4 Å². The van der Waals surface area contributed by atoms with Gasteiger partial charge in [-0.2, -0.15) is 0 Å². The van der Waals surface area contributed by atoms with Crippen LogP contribution >= 0.6 is 11.6 Å². The van der Waals surface area contributed by atoms with Gasteiger partial charge in [0.15, 0.2) is 5.78 Å². The van der Waals surface area contributed by atoms with Crippen LogP contribution < -0.4 is 9.47 Å². The lowest BCUT2D eigenvalue weighted by Crippen LogP contribution is -2.08. The molecule has 0 aliphatic heterocycles. The molecule has 4 nitrogen and oxygen atoms in total. The lowest BCUT2D eigenvalue weighted by Gasteiger charge is -2.06. The van der Waals surface area contributed by atoms with Crippen LogP contribution in [0.1, 0.15) is 26.3 Å². The van der Waals surface area contributed by atoms with E-state index in [0.717, 1.165) is 5.56 Å². The van der Waals surface area contributed by atoms with E-state index in [0.29, 0.717) is 27.6 Å². The minimum Gasteiger partial charge on any atom is -0.497 e. The Hall–Kier alpha value is -3.37. The summed E-state index contributed by atoms with van der Waals surface area (Å²) in [6, 6.07) is 20.3. The fraction of sp³-hybridized carbons (Fsp3) is 0.0435. The van der Waals surface area contributed by atoms with Crippen LogP contribution in [0.3, 0.4) is 0 Å². The number of esters is 1. The third-order valence-electron chi connectivity index (χ3n) is 3.95. The van der Waals surface area contributed by atoms with Crippen molar-refractivity contribution in [1.29, 1.82) is 0 Å². The Bertz CT molecular complexity index is 1010. The van der Waals surface area contributed by atoms with Gasteiger partial charge in [0.25, 0.3) is 0 Å². The molecule has 3 rings (SSSR count). The topological polar surface area (TPSA) is 52.6 Å². The summed E-state index contributed by atoms with van der Waals surface area (Å²) in [7, 11) is 1.53. The van der Waals surface area contributed by atoms with Gasteiger partial charge in [-0.1, -0.05) is 35.9 Å². The number of hydrogen-bond donors (Lipinski definition) is 0. The molecule has 0 saturated heterocycles. The summed E-state index contributed by atoms with van der Waals surface area (Å²) >= 11 is 5.84. The number of ketones is 1. The highest BCUT2D eigenvalue weighted by molar-refractivity contribution is 6.30. The Labute approximate surface area is 168 Å².